The van der Waals surface area contributed by atoms with Gasteiger partial charge < -0.3 is 14.8 Å². The fraction of sp³-hybridized carbons (Fsp3) is 0.261. The number of ether oxygens (including phenoxy) is 2. The molecule has 1 heterocycles. The lowest BCUT2D eigenvalue weighted by atomic mass is 10.1. The number of aryl methyl sites for hydroxylation is 1. The van der Waals surface area contributed by atoms with Crippen LogP contribution in [-0.4, -0.2) is 11.6 Å². The molecule has 0 bridgehead atoms. The molecule has 0 unspecified atom stereocenters. The summed E-state index contributed by atoms with van der Waals surface area (Å²) in [6.07, 6.45) is 1.81. The predicted molar refractivity (Wildman–Crippen MR) is 108 cm³/mol. The Kier molecular flexibility index (Phi) is 6.83. The van der Waals surface area contributed by atoms with Crippen molar-refractivity contribution in [2.45, 2.75) is 33.5 Å². The predicted octanol–water partition coefficient (Wildman–Crippen LogP) is 4.66. The van der Waals surface area contributed by atoms with Crippen molar-refractivity contribution in [1.29, 1.82) is 0 Å². The smallest absolute Gasteiger partial charge is 0.161 e. The molecule has 0 aliphatic rings. The van der Waals surface area contributed by atoms with Crippen molar-refractivity contribution < 1.29 is 9.47 Å². The zero-order chi connectivity index (χ0) is 18.9. The fourth-order valence-electron chi connectivity index (χ4n) is 2.85. The van der Waals surface area contributed by atoms with Gasteiger partial charge in [0.05, 0.1) is 12.3 Å². The number of hydrogen-bond donors (Lipinski definition) is 1. The number of rotatable bonds is 9. The van der Waals surface area contributed by atoms with Crippen LogP contribution in [0, 0.1) is 6.92 Å². The van der Waals surface area contributed by atoms with Crippen LogP contribution < -0.4 is 14.8 Å². The summed E-state index contributed by atoms with van der Waals surface area (Å²) in [7, 11) is 0. The molecule has 1 aromatic heterocycles. The molecule has 0 spiro atoms. The van der Waals surface area contributed by atoms with Gasteiger partial charge in [-0.25, -0.2) is 0 Å². The van der Waals surface area contributed by atoms with Crippen molar-refractivity contribution in [3.8, 4) is 11.5 Å². The third kappa shape index (κ3) is 5.83. The molecule has 0 aliphatic heterocycles. The first-order valence-electron chi connectivity index (χ1n) is 9.29. The van der Waals surface area contributed by atoms with Crippen molar-refractivity contribution in [2.24, 2.45) is 0 Å². The number of pyridine rings is 1. The molecule has 27 heavy (non-hydrogen) atoms. The van der Waals surface area contributed by atoms with Gasteiger partial charge in [-0.1, -0.05) is 42.0 Å². The first kappa shape index (κ1) is 18.9. The second-order valence-electron chi connectivity index (χ2n) is 6.42. The summed E-state index contributed by atoms with van der Waals surface area (Å²) in [6.45, 7) is 6.67. The van der Waals surface area contributed by atoms with Gasteiger partial charge in [-0.2, -0.15) is 0 Å². The standard InChI is InChI=1S/C23H26N2O2/c1-3-26-23-14-19(15-24-16-21-9-4-5-12-25-21)10-11-22(23)27-17-20-8-6-7-18(2)13-20/h4-14,24H,3,15-17H2,1-2H3. The maximum absolute atomic E-state index is 6.00. The molecule has 0 saturated heterocycles. The molecule has 1 N–H and O–H groups in total. The maximum atomic E-state index is 6.00. The van der Waals surface area contributed by atoms with Crippen LogP contribution in [-0.2, 0) is 19.7 Å². The summed E-state index contributed by atoms with van der Waals surface area (Å²) >= 11 is 0. The van der Waals surface area contributed by atoms with Gasteiger partial charge in [0.1, 0.15) is 6.61 Å². The average Bonchev–Trinajstić information content (AvgIpc) is 2.68. The lowest BCUT2D eigenvalue weighted by Crippen LogP contribution is -2.13. The van der Waals surface area contributed by atoms with Gasteiger partial charge in [0.2, 0.25) is 0 Å². The number of hydrogen-bond acceptors (Lipinski definition) is 4. The van der Waals surface area contributed by atoms with Gasteiger partial charge in [-0.15, -0.1) is 0 Å². The Morgan fingerprint density at radius 2 is 1.78 bits per heavy atom. The van der Waals surface area contributed by atoms with Gasteiger partial charge in [-0.3, -0.25) is 4.98 Å². The Bertz CT molecular complexity index is 850. The first-order chi connectivity index (χ1) is 13.2. The van der Waals surface area contributed by atoms with E-state index < -0.39 is 0 Å². The minimum Gasteiger partial charge on any atom is -0.490 e. The highest BCUT2D eigenvalue weighted by Gasteiger charge is 2.07. The average molecular weight is 362 g/mol. The molecule has 0 amide bonds. The molecule has 140 valence electrons. The van der Waals surface area contributed by atoms with Crippen LogP contribution in [0.15, 0.2) is 66.9 Å². The van der Waals surface area contributed by atoms with Gasteiger partial charge >= 0.3 is 0 Å². The second kappa shape index (κ2) is 9.74. The van der Waals surface area contributed by atoms with Gasteiger partial charge in [0, 0.05) is 19.3 Å². The number of nitrogens with one attached hydrogen (secondary N) is 1. The van der Waals surface area contributed by atoms with Crippen molar-refractivity contribution in [3.63, 3.8) is 0 Å². The third-order valence-corrected chi connectivity index (χ3v) is 4.15. The molecule has 0 aliphatic carbocycles. The van der Waals surface area contributed by atoms with E-state index in [4.69, 9.17) is 9.47 Å². The van der Waals surface area contributed by atoms with Gasteiger partial charge in [0.15, 0.2) is 11.5 Å². The van der Waals surface area contributed by atoms with Crippen molar-refractivity contribution in [2.75, 3.05) is 6.61 Å². The minimum atomic E-state index is 0.527. The Labute approximate surface area is 161 Å². The molecule has 0 saturated carbocycles. The zero-order valence-corrected chi connectivity index (χ0v) is 15.9. The summed E-state index contributed by atoms with van der Waals surface area (Å²) in [5.41, 5.74) is 4.56. The summed E-state index contributed by atoms with van der Waals surface area (Å²) in [4.78, 5) is 4.32. The minimum absolute atomic E-state index is 0.527. The van der Waals surface area contributed by atoms with E-state index in [0.29, 0.717) is 13.2 Å². The van der Waals surface area contributed by atoms with Crippen molar-refractivity contribution >= 4 is 0 Å². The van der Waals surface area contributed by atoms with Crippen LogP contribution in [0.4, 0.5) is 0 Å². The van der Waals surface area contributed by atoms with Crippen LogP contribution in [0.2, 0.25) is 0 Å². The normalized spacial score (nSPS) is 10.6. The summed E-state index contributed by atoms with van der Waals surface area (Å²) in [5.74, 6) is 1.55. The van der Waals surface area contributed by atoms with E-state index in [1.165, 1.54) is 5.56 Å². The Hall–Kier alpha value is -2.85. The van der Waals surface area contributed by atoms with Crippen LogP contribution in [0.5, 0.6) is 11.5 Å². The zero-order valence-electron chi connectivity index (χ0n) is 15.9. The topological polar surface area (TPSA) is 43.4 Å². The molecule has 3 aromatic rings. The quantitative estimate of drug-likeness (QED) is 0.601. The highest BCUT2D eigenvalue weighted by molar-refractivity contribution is 5.43. The van der Waals surface area contributed by atoms with Gasteiger partial charge in [0.25, 0.3) is 0 Å². The van der Waals surface area contributed by atoms with E-state index in [9.17, 15) is 0 Å². The van der Waals surface area contributed by atoms with E-state index in [0.717, 1.165) is 41.4 Å². The van der Waals surface area contributed by atoms with E-state index in [1.807, 2.05) is 49.5 Å². The van der Waals surface area contributed by atoms with Gasteiger partial charge in [-0.05, 0) is 49.2 Å². The van der Waals surface area contributed by atoms with E-state index in [2.05, 4.69) is 41.5 Å². The van der Waals surface area contributed by atoms with E-state index in [1.54, 1.807) is 0 Å². The monoisotopic (exact) mass is 362 g/mol. The largest absolute Gasteiger partial charge is 0.490 e. The lowest BCUT2D eigenvalue weighted by molar-refractivity contribution is 0.269. The highest BCUT2D eigenvalue weighted by Crippen LogP contribution is 2.29. The van der Waals surface area contributed by atoms with Crippen LogP contribution >= 0.6 is 0 Å². The number of nitrogens with zero attached hydrogens (tertiary/aromatic N) is 1. The molecular weight excluding hydrogens is 336 g/mol. The Morgan fingerprint density at radius 3 is 2.56 bits per heavy atom. The number of benzene rings is 2. The second-order valence-corrected chi connectivity index (χ2v) is 6.42. The molecule has 4 heteroatoms. The summed E-state index contributed by atoms with van der Waals surface area (Å²) in [6, 6.07) is 20.4. The van der Waals surface area contributed by atoms with Crippen molar-refractivity contribution in [3.05, 3.63) is 89.2 Å². The van der Waals surface area contributed by atoms with E-state index in [-0.39, 0.29) is 0 Å². The highest BCUT2D eigenvalue weighted by atomic mass is 16.5. The Balaban J connectivity index is 1.61. The molecule has 3 rings (SSSR count). The molecule has 4 nitrogen and oxygen atoms in total. The Morgan fingerprint density at radius 1 is 0.852 bits per heavy atom. The molecule has 2 aromatic carbocycles. The molecule has 0 atom stereocenters. The van der Waals surface area contributed by atoms with E-state index >= 15 is 0 Å². The SMILES string of the molecule is CCOc1cc(CNCc2ccccn2)ccc1OCc1cccc(C)c1. The van der Waals surface area contributed by atoms with Crippen molar-refractivity contribution in [1.82, 2.24) is 10.3 Å². The fourth-order valence-corrected chi connectivity index (χ4v) is 2.85. The molecule has 0 radical (unpaired) electrons. The molecule has 0 fully saturated rings. The number of aromatic nitrogens is 1. The first-order valence-corrected chi connectivity index (χ1v) is 9.29. The maximum Gasteiger partial charge on any atom is 0.161 e. The van der Waals surface area contributed by atoms with Crippen LogP contribution in [0.3, 0.4) is 0 Å². The summed E-state index contributed by atoms with van der Waals surface area (Å²) < 4.78 is 11.8. The summed E-state index contributed by atoms with van der Waals surface area (Å²) in [5, 5.41) is 3.41. The third-order valence-electron chi connectivity index (χ3n) is 4.15. The van der Waals surface area contributed by atoms with Crippen LogP contribution in [0.1, 0.15) is 29.3 Å². The lowest BCUT2D eigenvalue weighted by Gasteiger charge is -2.14. The van der Waals surface area contributed by atoms with Crippen LogP contribution in [0.25, 0.3) is 0 Å². The molecular formula is C23H26N2O2.